The van der Waals surface area contributed by atoms with Crippen molar-refractivity contribution in [3.63, 3.8) is 0 Å². The SMILES string of the molecule is C[C@H](N[C@@H](c1cnn(C)c1)C(C)(C)C)c1ccc(F)cc1F. The van der Waals surface area contributed by atoms with E-state index in [2.05, 4.69) is 31.2 Å². The predicted molar refractivity (Wildman–Crippen MR) is 83.3 cm³/mol. The van der Waals surface area contributed by atoms with Crippen molar-refractivity contribution >= 4 is 0 Å². The minimum atomic E-state index is -0.562. The smallest absolute Gasteiger partial charge is 0.130 e. The van der Waals surface area contributed by atoms with Crippen LogP contribution < -0.4 is 5.32 Å². The summed E-state index contributed by atoms with van der Waals surface area (Å²) in [6, 6.07) is 3.45. The molecule has 1 N–H and O–H groups in total. The highest BCUT2D eigenvalue weighted by atomic mass is 19.1. The number of aromatic nitrogens is 2. The molecule has 0 amide bonds. The van der Waals surface area contributed by atoms with Gasteiger partial charge in [-0.3, -0.25) is 4.68 Å². The summed E-state index contributed by atoms with van der Waals surface area (Å²) in [6.07, 6.45) is 3.77. The predicted octanol–water partition coefficient (Wildman–Crippen LogP) is 4.14. The second-order valence-electron chi connectivity index (χ2n) is 6.80. The highest BCUT2D eigenvalue weighted by Gasteiger charge is 2.29. The second kappa shape index (κ2) is 6.16. The van der Waals surface area contributed by atoms with Crippen molar-refractivity contribution in [2.45, 2.75) is 39.8 Å². The number of halogens is 2. The third-order valence-electron chi connectivity index (χ3n) is 3.77. The van der Waals surface area contributed by atoms with Crippen LogP contribution in [0, 0.1) is 17.0 Å². The van der Waals surface area contributed by atoms with Crippen LogP contribution in [-0.4, -0.2) is 9.78 Å². The number of rotatable bonds is 4. The molecule has 0 aliphatic rings. The fourth-order valence-corrected chi connectivity index (χ4v) is 2.63. The molecule has 0 unspecified atom stereocenters. The lowest BCUT2D eigenvalue weighted by Crippen LogP contribution is -2.34. The number of nitrogens with one attached hydrogen (secondary N) is 1. The van der Waals surface area contributed by atoms with Gasteiger partial charge in [-0.05, 0) is 18.4 Å². The zero-order valence-electron chi connectivity index (χ0n) is 13.7. The van der Waals surface area contributed by atoms with Gasteiger partial charge < -0.3 is 5.32 Å². The molecule has 120 valence electrons. The lowest BCUT2D eigenvalue weighted by Gasteiger charge is -2.33. The van der Waals surface area contributed by atoms with E-state index in [9.17, 15) is 8.78 Å². The number of hydrogen-bond acceptors (Lipinski definition) is 2. The van der Waals surface area contributed by atoms with Crippen LogP contribution in [0.15, 0.2) is 30.6 Å². The molecule has 2 aromatic rings. The zero-order valence-corrected chi connectivity index (χ0v) is 13.7. The van der Waals surface area contributed by atoms with E-state index in [1.165, 1.54) is 12.1 Å². The summed E-state index contributed by atoms with van der Waals surface area (Å²) in [5.74, 6) is -1.09. The van der Waals surface area contributed by atoms with Gasteiger partial charge in [0, 0.05) is 42.5 Å². The van der Waals surface area contributed by atoms with Gasteiger partial charge in [0.15, 0.2) is 0 Å². The van der Waals surface area contributed by atoms with Crippen LogP contribution in [0.3, 0.4) is 0 Å². The molecule has 1 heterocycles. The first-order valence-electron chi connectivity index (χ1n) is 7.38. The Morgan fingerprint density at radius 2 is 1.91 bits per heavy atom. The molecule has 22 heavy (non-hydrogen) atoms. The summed E-state index contributed by atoms with van der Waals surface area (Å²) in [5.41, 5.74) is 1.43. The molecule has 1 aromatic carbocycles. The van der Waals surface area contributed by atoms with Crippen LogP contribution in [0.25, 0.3) is 0 Å². The quantitative estimate of drug-likeness (QED) is 0.920. The van der Waals surface area contributed by atoms with Gasteiger partial charge >= 0.3 is 0 Å². The molecule has 0 bridgehead atoms. The maximum absolute atomic E-state index is 14.0. The van der Waals surface area contributed by atoms with E-state index in [0.717, 1.165) is 11.6 Å². The third kappa shape index (κ3) is 3.71. The summed E-state index contributed by atoms with van der Waals surface area (Å²) < 4.78 is 28.8. The van der Waals surface area contributed by atoms with Crippen molar-refractivity contribution in [1.82, 2.24) is 15.1 Å². The van der Waals surface area contributed by atoms with Crippen LogP contribution in [0.5, 0.6) is 0 Å². The lowest BCUT2D eigenvalue weighted by atomic mass is 9.82. The summed E-state index contributed by atoms with van der Waals surface area (Å²) >= 11 is 0. The Hall–Kier alpha value is -1.75. The van der Waals surface area contributed by atoms with E-state index in [1.807, 2.05) is 26.4 Å². The zero-order chi connectivity index (χ0) is 16.5. The van der Waals surface area contributed by atoms with Gasteiger partial charge in [-0.25, -0.2) is 8.78 Å². The Labute approximate surface area is 130 Å². The Kier molecular flexibility index (Phi) is 4.66. The topological polar surface area (TPSA) is 29.9 Å². The Morgan fingerprint density at radius 1 is 1.23 bits per heavy atom. The minimum absolute atomic E-state index is 0.000605. The molecule has 0 radical (unpaired) electrons. The van der Waals surface area contributed by atoms with Gasteiger partial charge in [0.2, 0.25) is 0 Å². The van der Waals surface area contributed by atoms with Gasteiger partial charge in [0.25, 0.3) is 0 Å². The van der Waals surface area contributed by atoms with Crippen molar-refractivity contribution < 1.29 is 8.78 Å². The second-order valence-corrected chi connectivity index (χ2v) is 6.80. The lowest BCUT2D eigenvalue weighted by molar-refractivity contribution is 0.252. The van der Waals surface area contributed by atoms with Gasteiger partial charge in [0.1, 0.15) is 11.6 Å². The van der Waals surface area contributed by atoms with E-state index in [4.69, 9.17) is 0 Å². The van der Waals surface area contributed by atoms with Crippen molar-refractivity contribution in [1.29, 1.82) is 0 Å². The highest BCUT2D eigenvalue weighted by Crippen LogP contribution is 2.35. The average molecular weight is 307 g/mol. The molecule has 0 saturated heterocycles. The first-order valence-corrected chi connectivity index (χ1v) is 7.38. The number of hydrogen-bond donors (Lipinski definition) is 1. The van der Waals surface area contributed by atoms with E-state index in [-0.39, 0.29) is 17.5 Å². The van der Waals surface area contributed by atoms with Gasteiger partial charge in [-0.1, -0.05) is 26.8 Å². The van der Waals surface area contributed by atoms with Crippen LogP contribution in [0.4, 0.5) is 8.78 Å². The standard InChI is InChI=1S/C17H23F2N3/c1-11(14-7-6-13(18)8-15(14)19)21-16(17(2,3)4)12-9-20-22(5)10-12/h6-11,16,21H,1-5H3/t11-,16-/m0/s1. The Morgan fingerprint density at radius 3 is 2.41 bits per heavy atom. The number of benzene rings is 1. The van der Waals surface area contributed by atoms with E-state index in [0.29, 0.717) is 5.56 Å². The highest BCUT2D eigenvalue weighted by molar-refractivity contribution is 5.23. The number of nitrogens with zero attached hydrogens (tertiary/aromatic N) is 2. The minimum Gasteiger partial charge on any atom is -0.303 e. The molecule has 0 aliphatic carbocycles. The van der Waals surface area contributed by atoms with Gasteiger partial charge in [-0.15, -0.1) is 0 Å². The van der Waals surface area contributed by atoms with Crippen molar-refractivity contribution in [3.8, 4) is 0 Å². The molecular weight excluding hydrogens is 284 g/mol. The van der Waals surface area contributed by atoms with Crippen molar-refractivity contribution in [2.75, 3.05) is 0 Å². The van der Waals surface area contributed by atoms with Crippen LogP contribution >= 0.6 is 0 Å². The summed E-state index contributed by atoms with van der Waals surface area (Å²) in [7, 11) is 1.87. The van der Waals surface area contributed by atoms with E-state index in [1.54, 1.807) is 4.68 Å². The largest absolute Gasteiger partial charge is 0.303 e. The maximum atomic E-state index is 14.0. The van der Waals surface area contributed by atoms with E-state index < -0.39 is 11.6 Å². The van der Waals surface area contributed by atoms with Crippen LogP contribution in [0.2, 0.25) is 0 Å². The summed E-state index contributed by atoms with van der Waals surface area (Å²) in [5, 5.41) is 7.66. The first kappa shape index (κ1) is 16.6. The molecule has 0 aliphatic heterocycles. The first-order chi connectivity index (χ1) is 10.2. The molecular formula is C17H23F2N3. The van der Waals surface area contributed by atoms with Crippen LogP contribution in [0.1, 0.15) is 50.9 Å². The normalized spacial score (nSPS) is 14.9. The third-order valence-corrected chi connectivity index (χ3v) is 3.77. The van der Waals surface area contributed by atoms with Crippen LogP contribution in [-0.2, 0) is 7.05 Å². The average Bonchev–Trinajstić information content (AvgIpc) is 2.80. The summed E-state index contributed by atoms with van der Waals surface area (Å²) in [6.45, 7) is 8.23. The molecule has 3 nitrogen and oxygen atoms in total. The monoisotopic (exact) mass is 307 g/mol. The Bertz CT molecular complexity index is 644. The molecule has 5 heteroatoms. The van der Waals surface area contributed by atoms with Crippen molar-refractivity contribution in [2.24, 2.45) is 12.5 Å². The van der Waals surface area contributed by atoms with E-state index >= 15 is 0 Å². The molecule has 0 fully saturated rings. The Balaban J connectivity index is 2.27. The molecule has 2 atom stereocenters. The molecule has 1 aromatic heterocycles. The molecule has 0 spiro atoms. The number of aryl methyl sites for hydroxylation is 1. The molecule has 2 rings (SSSR count). The van der Waals surface area contributed by atoms with Crippen molar-refractivity contribution in [3.05, 3.63) is 53.4 Å². The fourth-order valence-electron chi connectivity index (χ4n) is 2.63. The summed E-state index contributed by atoms with van der Waals surface area (Å²) in [4.78, 5) is 0. The van der Waals surface area contributed by atoms with Gasteiger partial charge in [0.05, 0.1) is 6.20 Å². The molecule has 0 saturated carbocycles. The fraction of sp³-hybridized carbons (Fsp3) is 0.471. The maximum Gasteiger partial charge on any atom is 0.130 e. The van der Waals surface area contributed by atoms with Gasteiger partial charge in [-0.2, -0.15) is 5.10 Å².